The van der Waals surface area contributed by atoms with Gasteiger partial charge in [-0.3, -0.25) is 5.43 Å². The molecule has 1 atom stereocenters. The fourth-order valence-electron chi connectivity index (χ4n) is 2.00. The van der Waals surface area contributed by atoms with E-state index in [1.54, 1.807) is 0 Å². The van der Waals surface area contributed by atoms with Crippen LogP contribution >= 0.6 is 0 Å². The van der Waals surface area contributed by atoms with Crippen LogP contribution in [-0.2, 0) is 0 Å². The lowest BCUT2D eigenvalue weighted by Gasteiger charge is -2.24. The average Bonchev–Trinajstić information content (AvgIpc) is 2.55. The highest BCUT2D eigenvalue weighted by Crippen LogP contribution is 2.16. The Bertz CT molecular complexity index is 400. The molecule has 0 aliphatic carbocycles. The standard InChI is InChI=1S/C15H31N7/c1-7-12(6)19-20-13-16-14(21(8-2)9-3)18-15(17-13)22(10-4)11-5/h12,19H,7-11H2,1-6H3,(H,16,17,18,20). The van der Waals surface area contributed by atoms with Gasteiger partial charge in [-0.25, -0.2) is 5.43 Å². The maximum Gasteiger partial charge on any atom is 0.243 e. The largest absolute Gasteiger partial charge is 0.341 e. The van der Waals surface area contributed by atoms with E-state index in [1.807, 2.05) is 0 Å². The summed E-state index contributed by atoms with van der Waals surface area (Å²) in [6, 6.07) is 0.352. The molecular weight excluding hydrogens is 278 g/mol. The van der Waals surface area contributed by atoms with Crippen molar-refractivity contribution in [2.75, 3.05) is 41.4 Å². The van der Waals surface area contributed by atoms with Crippen molar-refractivity contribution in [1.82, 2.24) is 20.4 Å². The number of nitrogens with zero attached hydrogens (tertiary/aromatic N) is 5. The van der Waals surface area contributed by atoms with Crippen molar-refractivity contribution in [3.8, 4) is 0 Å². The van der Waals surface area contributed by atoms with E-state index in [9.17, 15) is 0 Å². The Hall–Kier alpha value is -1.63. The van der Waals surface area contributed by atoms with Crippen LogP contribution in [0.15, 0.2) is 0 Å². The summed E-state index contributed by atoms with van der Waals surface area (Å²) in [5.41, 5.74) is 6.33. The third-order valence-corrected chi connectivity index (χ3v) is 3.75. The molecule has 1 rings (SSSR count). The van der Waals surface area contributed by atoms with Crippen LogP contribution in [0.3, 0.4) is 0 Å². The Balaban J connectivity index is 3.08. The summed E-state index contributed by atoms with van der Waals surface area (Å²) in [5, 5.41) is 0. The van der Waals surface area contributed by atoms with E-state index in [2.05, 4.69) is 77.1 Å². The zero-order chi connectivity index (χ0) is 16.5. The van der Waals surface area contributed by atoms with Gasteiger partial charge in [-0.05, 0) is 41.0 Å². The van der Waals surface area contributed by atoms with Gasteiger partial charge in [0.2, 0.25) is 17.8 Å². The highest BCUT2D eigenvalue weighted by Gasteiger charge is 2.14. The number of hydrogen-bond acceptors (Lipinski definition) is 7. The minimum Gasteiger partial charge on any atom is -0.341 e. The SMILES string of the molecule is CCC(C)NNc1nc(N(CC)CC)nc(N(CC)CC)n1. The van der Waals surface area contributed by atoms with E-state index < -0.39 is 0 Å². The molecule has 0 aliphatic heterocycles. The molecule has 0 fully saturated rings. The van der Waals surface area contributed by atoms with Crippen molar-refractivity contribution >= 4 is 17.8 Å². The molecule has 1 heterocycles. The number of rotatable bonds is 10. The molecule has 1 aromatic heterocycles. The van der Waals surface area contributed by atoms with Crippen LogP contribution in [0, 0.1) is 0 Å². The van der Waals surface area contributed by atoms with E-state index >= 15 is 0 Å². The molecule has 0 spiro atoms. The van der Waals surface area contributed by atoms with Crippen LogP contribution in [-0.4, -0.2) is 47.2 Å². The molecule has 0 radical (unpaired) electrons. The maximum absolute atomic E-state index is 4.63. The molecule has 0 aliphatic rings. The number of hydrogen-bond donors (Lipinski definition) is 2. The molecule has 0 aromatic carbocycles. The summed E-state index contributed by atoms with van der Waals surface area (Å²) in [6.07, 6.45) is 1.03. The van der Waals surface area contributed by atoms with Gasteiger partial charge in [0.25, 0.3) is 0 Å². The van der Waals surface area contributed by atoms with Gasteiger partial charge < -0.3 is 9.80 Å². The van der Waals surface area contributed by atoms with Crippen LogP contribution in [0.2, 0.25) is 0 Å². The minimum atomic E-state index is 0.352. The molecule has 22 heavy (non-hydrogen) atoms. The van der Waals surface area contributed by atoms with Gasteiger partial charge in [-0.1, -0.05) is 6.92 Å². The van der Waals surface area contributed by atoms with Crippen molar-refractivity contribution in [3.63, 3.8) is 0 Å². The van der Waals surface area contributed by atoms with Gasteiger partial charge in [-0.15, -0.1) is 0 Å². The lowest BCUT2D eigenvalue weighted by molar-refractivity contribution is 0.582. The molecule has 0 saturated heterocycles. The topological polar surface area (TPSA) is 69.2 Å². The van der Waals surface area contributed by atoms with Crippen LogP contribution in [0.25, 0.3) is 0 Å². The van der Waals surface area contributed by atoms with E-state index in [0.717, 1.165) is 44.5 Å². The predicted octanol–water partition coefficient (Wildman–Crippen LogP) is 2.28. The number of hydrazine groups is 1. The van der Waals surface area contributed by atoms with Gasteiger partial charge in [0.05, 0.1) is 0 Å². The van der Waals surface area contributed by atoms with Crippen molar-refractivity contribution in [3.05, 3.63) is 0 Å². The fourth-order valence-corrected chi connectivity index (χ4v) is 2.00. The quantitative estimate of drug-likeness (QED) is 0.643. The Kier molecular flexibility index (Phi) is 7.87. The second-order valence-corrected chi connectivity index (χ2v) is 5.18. The highest BCUT2D eigenvalue weighted by atomic mass is 15.5. The molecule has 1 aromatic rings. The molecule has 0 saturated carbocycles. The Morgan fingerprint density at radius 2 is 1.27 bits per heavy atom. The second kappa shape index (κ2) is 9.40. The first kappa shape index (κ1) is 18.4. The third-order valence-electron chi connectivity index (χ3n) is 3.75. The first-order valence-corrected chi connectivity index (χ1v) is 8.36. The van der Waals surface area contributed by atoms with Crippen molar-refractivity contribution < 1.29 is 0 Å². The second-order valence-electron chi connectivity index (χ2n) is 5.18. The minimum absolute atomic E-state index is 0.352. The smallest absolute Gasteiger partial charge is 0.243 e. The monoisotopic (exact) mass is 309 g/mol. The molecular formula is C15H31N7. The fraction of sp³-hybridized carbons (Fsp3) is 0.800. The van der Waals surface area contributed by atoms with E-state index in [0.29, 0.717) is 12.0 Å². The van der Waals surface area contributed by atoms with Crippen molar-refractivity contribution in [2.24, 2.45) is 0 Å². The Morgan fingerprint density at radius 3 is 1.64 bits per heavy atom. The van der Waals surface area contributed by atoms with Gasteiger partial charge >= 0.3 is 0 Å². The summed E-state index contributed by atoms with van der Waals surface area (Å²) in [4.78, 5) is 18.0. The van der Waals surface area contributed by atoms with Crippen LogP contribution in [0.5, 0.6) is 0 Å². The summed E-state index contributed by atoms with van der Waals surface area (Å²) >= 11 is 0. The van der Waals surface area contributed by atoms with E-state index in [4.69, 9.17) is 0 Å². The first-order valence-electron chi connectivity index (χ1n) is 8.36. The Morgan fingerprint density at radius 1 is 0.818 bits per heavy atom. The lowest BCUT2D eigenvalue weighted by atomic mass is 10.3. The number of anilines is 3. The summed E-state index contributed by atoms with van der Waals surface area (Å²) in [7, 11) is 0. The van der Waals surface area contributed by atoms with Gasteiger partial charge in [0, 0.05) is 32.2 Å². The summed E-state index contributed by atoms with van der Waals surface area (Å²) < 4.78 is 0. The molecule has 7 heteroatoms. The summed E-state index contributed by atoms with van der Waals surface area (Å²) in [5.74, 6) is 2.00. The van der Waals surface area contributed by atoms with Crippen LogP contribution in [0.4, 0.5) is 17.8 Å². The van der Waals surface area contributed by atoms with E-state index in [-0.39, 0.29) is 0 Å². The normalized spacial score (nSPS) is 12.1. The van der Waals surface area contributed by atoms with E-state index in [1.165, 1.54) is 0 Å². The number of nitrogens with one attached hydrogen (secondary N) is 2. The highest BCUT2D eigenvalue weighted by molar-refractivity contribution is 5.44. The molecule has 1 unspecified atom stereocenters. The first-order chi connectivity index (χ1) is 10.6. The number of aromatic nitrogens is 3. The van der Waals surface area contributed by atoms with Crippen molar-refractivity contribution in [2.45, 2.75) is 54.0 Å². The third kappa shape index (κ3) is 4.98. The Labute approximate surface area is 134 Å². The van der Waals surface area contributed by atoms with Crippen molar-refractivity contribution in [1.29, 1.82) is 0 Å². The molecule has 2 N–H and O–H groups in total. The predicted molar refractivity (Wildman–Crippen MR) is 93.5 cm³/mol. The van der Waals surface area contributed by atoms with Crippen LogP contribution < -0.4 is 20.7 Å². The molecule has 126 valence electrons. The van der Waals surface area contributed by atoms with Crippen LogP contribution in [0.1, 0.15) is 48.0 Å². The maximum atomic E-state index is 4.63. The zero-order valence-corrected chi connectivity index (χ0v) is 14.8. The summed E-state index contributed by atoms with van der Waals surface area (Å²) in [6.45, 7) is 16.2. The van der Waals surface area contributed by atoms with Gasteiger partial charge in [-0.2, -0.15) is 15.0 Å². The van der Waals surface area contributed by atoms with Gasteiger partial charge in [0.1, 0.15) is 0 Å². The van der Waals surface area contributed by atoms with Gasteiger partial charge in [0.15, 0.2) is 0 Å². The lowest BCUT2D eigenvalue weighted by Crippen LogP contribution is -2.34. The molecule has 0 amide bonds. The zero-order valence-electron chi connectivity index (χ0n) is 14.8. The average molecular weight is 309 g/mol. The molecule has 7 nitrogen and oxygen atoms in total. The molecule has 0 bridgehead atoms.